The summed E-state index contributed by atoms with van der Waals surface area (Å²) in [7, 11) is 0. The molecule has 1 unspecified atom stereocenters. The molecule has 1 aliphatic heterocycles. The third-order valence-electron chi connectivity index (χ3n) is 3.48. The summed E-state index contributed by atoms with van der Waals surface area (Å²) in [5.41, 5.74) is 1.92. The van der Waals surface area contributed by atoms with Crippen molar-refractivity contribution in [2.45, 2.75) is 19.4 Å². The van der Waals surface area contributed by atoms with Crippen LogP contribution in [0.4, 0.5) is 0 Å². The van der Waals surface area contributed by atoms with Crippen molar-refractivity contribution in [3.8, 4) is 0 Å². The van der Waals surface area contributed by atoms with Crippen LogP contribution in [0.5, 0.6) is 0 Å². The third-order valence-corrected chi connectivity index (χ3v) is 4.21. The van der Waals surface area contributed by atoms with Crippen LogP contribution in [0.1, 0.15) is 23.2 Å². The second kappa shape index (κ2) is 6.32. The minimum Gasteiger partial charge on any atom is -0.368 e. The van der Waals surface area contributed by atoms with Crippen LogP contribution in [0.25, 0.3) is 0 Å². The van der Waals surface area contributed by atoms with E-state index in [2.05, 4.69) is 9.97 Å². The van der Waals surface area contributed by atoms with E-state index in [1.165, 1.54) is 0 Å². The van der Waals surface area contributed by atoms with Crippen molar-refractivity contribution >= 4 is 17.2 Å². The standard InChI is InChI=1S/C15H17N3O2S/c1-11-16-4-2-13(17-11)14-9-18(5-6-20-14)15(19)8-12-3-7-21-10-12/h2-4,7,10,14H,5-6,8-9H2,1H3. The molecular formula is C15H17N3O2S. The molecule has 1 fully saturated rings. The van der Waals surface area contributed by atoms with Gasteiger partial charge in [-0.05, 0) is 35.4 Å². The van der Waals surface area contributed by atoms with Gasteiger partial charge in [-0.2, -0.15) is 11.3 Å². The Hall–Kier alpha value is -1.79. The van der Waals surface area contributed by atoms with Gasteiger partial charge in [0.1, 0.15) is 11.9 Å². The quantitative estimate of drug-likeness (QED) is 0.870. The highest BCUT2D eigenvalue weighted by Gasteiger charge is 2.26. The van der Waals surface area contributed by atoms with Crippen molar-refractivity contribution in [2.75, 3.05) is 19.7 Å². The van der Waals surface area contributed by atoms with Gasteiger partial charge in [0.25, 0.3) is 0 Å². The topological polar surface area (TPSA) is 55.3 Å². The number of nitrogens with zero attached hydrogens (tertiary/aromatic N) is 3. The van der Waals surface area contributed by atoms with Gasteiger partial charge in [-0.15, -0.1) is 0 Å². The summed E-state index contributed by atoms with van der Waals surface area (Å²) in [6, 6.07) is 3.85. The second-order valence-electron chi connectivity index (χ2n) is 5.04. The number of morpholine rings is 1. The van der Waals surface area contributed by atoms with Crippen molar-refractivity contribution < 1.29 is 9.53 Å². The van der Waals surface area contributed by atoms with Gasteiger partial charge >= 0.3 is 0 Å². The SMILES string of the molecule is Cc1nccc(C2CN(C(=O)Cc3ccsc3)CCO2)n1. The molecule has 6 heteroatoms. The van der Waals surface area contributed by atoms with Crippen LogP contribution >= 0.6 is 11.3 Å². The minimum atomic E-state index is -0.160. The molecule has 0 N–H and O–H groups in total. The zero-order valence-electron chi connectivity index (χ0n) is 11.9. The number of aryl methyl sites for hydroxylation is 1. The lowest BCUT2D eigenvalue weighted by atomic mass is 10.1. The molecule has 0 aliphatic carbocycles. The van der Waals surface area contributed by atoms with Gasteiger partial charge in [-0.25, -0.2) is 9.97 Å². The highest BCUT2D eigenvalue weighted by atomic mass is 32.1. The molecule has 1 atom stereocenters. The Kier molecular flexibility index (Phi) is 4.26. The summed E-state index contributed by atoms with van der Waals surface area (Å²) in [6.45, 7) is 3.60. The van der Waals surface area contributed by atoms with E-state index < -0.39 is 0 Å². The van der Waals surface area contributed by atoms with Crippen molar-refractivity contribution in [1.29, 1.82) is 0 Å². The van der Waals surface area contributed by atoms with Gasteiger partial charge in [0, 0.05) is 12.7 Å². The van der Waals surface area contributed by atoms with Crippen LogP contribution < -0.4 is 0 Å². The molecule has 0 radical (unpaired) electrons. The average molecular weight is 303 g/mol. The lowest BCUT2D eigenvalue weighted by Crippen LogP contribution is -2.43. The Morgan fingerprint density at radius 2 is 2.43 bits per heavy atom. The molecular weight excluding hydrogens is 286 g/mol. The Bertz CT molecular complexity index is 615. The summed E-state index contributed by atoms with van der Waals surface area (Å²) in [5.74, 6) is 0.866. The van der Waals surface area contributed by atoms with Crippen molar-refractivity contribution in [3.05, 3.63) is 46.2 Å². The predicted molar refractivity (Wildman–Crippen MR) is 80.1 cm³/mol. The first-order chi connectivity index (χ1) is 10.2. The average Bonchev–Trinajstić information content (AvgIpc) is 3.00. The van der Waals surface area contributed by atoms with Crippen LogP contribution in [0, 0.1) is 6.92 Å². The van der Waals surface area contributed by atoms with Crippen LogP contribution in [0.3, 0.4) is 0 Å². The maximum Gasteiger partial charge on any atom is 0.227 e. The predicted octanol–water partition coefficient (Wildman–Crippen LogP) is 1.99. The smallest absolute Gasteiger partial charge is 0.227 e. The highest BCUT2D eigenvalue weighted by Crippen LogP contribution is 2.21. The summed E-state index contributed by atoms with van der Waals surface area (Å²) in [6.07, 6.45) is 2.03. The molecule has 1 amide bonds. The monoisotopic (exact) mass is 303 g/mol. The maximum absolute atomic E-state index is 12.4. The van der Waals surface area contributed by atoms with Gasteiger partial charge in [-0.3, -0.25) is 4.79 Å². The van der Waals surface area contributed by atoms with Crippen molar-refractivity contribution in [2.24, 2.45) is 0 Å². The van der Waals surface area contributed by atoms with Crippen molar-refractivity contribution in [3.63, 3.8) is 0 Å². The van der Waals surface area contributed by atoms with Gasteiger partial charge in [0.15, 0.2) is 0 Å². The first-order valence-electron chi connectivity index (χ1n) is 6.92. The second-order valence-corrected chi connectivity index (χ2v) is 5.82. The summed E-state index contributed by atoms with van der Waals surface area (Å²) in [4.78, 5) is 22.7. The van der Waals surface area contributed by atoms with E-state index in [1.54, 1.807) is 17.5 Å². The number of rotatable bonds is 3. The molecule has 2 aromatic rings. The van der Waals surface area contributed by atoms with E-state index >= 15 is 0 Å². The fourth-order valence-corrected chi connectivity index (χ4v) is 3.06. The van der Waals surface area contributed by atoms with E-state index in [0.29, 0.717) is 26.1 Å². The Morgan fingerprint density at radius 1 is 1.52 bits per heavy atom. The fraction of sp³-hybridized carbons (Fsp3) is 0.400. The van der Waals surface area contributed by atoms with Gasteiger partial charge in [0.2, 0.25) is 5.91 Å². The van der Waals surface area contributed by atoms with Gasteiger partial charge in [0.05, 0.1) is 25.3 Å². The number of aromatic nitrogens is 2. The highest BCUT2D eigenvalue weighted by molar-refractivity contribution is 7.07. The molecule has 0 saturated carbocycles. The van der Waals surface area contributed by atoms with Crippen LogP contribution in [-0.2, 0) is 16.0 Å². The van der Waals surface area contributed by atoms with Gasteiger partial charge < -0.3 is 9.64 Å². The molecule has 1 saturated heterocycles. The number of ether oxygens (including phenoxy) is 1. The number of carbonyl (C=O) groups excluding carboxylic acids is 1. The normalized spacial score (nSPS) is 18.7. The maximum atomic E-state index is 12.4. The molecule has 21 heavy (non-hydrogen) atoms. The fourth-order valence-electron chi connectivity index (χ4n) is 2.39. The Balaban J connectivity index is 1.66. The molecule has 3 heterocycles. The molecule has 0 aromatic carbocycles. The molecule has 110 valence electrons. The van der Waals surface area contributed by atoms with Gasteiger partial charge in [-0.1, -0.05) is 0 Å². The van der Waals surface area contributed by atoms with Crippen LogP contribution in [0.2, 0.25) is 0 Å². The van der Waals surface area contributed by atoms with E-state index in [9.17, 15) is 4.79 Å². The zero-order chi connectivity index (χ0) is 14.7. The van der Waals surface area contributed by atoms with E-state index in [1.807, 2.05) is 34.7 Å². The lowest BCUT2D eigenvalue weighted by Gasteiger charge is -2.32. The summed E-state index contributed by atoms with van der Waals surface area (Å²) in [5, 5.41) is 4.01. The number of hydrogen-bond donors (Lipinski definition) is 0. The molecule has 3 rings (SSSR count). The van der Waals surface area contributed by atoms with Crippen LogP contribution in [0.15, 0.2) is 29.1 Å². The summed E-state index contributed by atoms with van der Waals surface area (Å²) >= 11 is 1.61. The number of hydrogen-bond acceptors (Lipinski definition) is 5. The lowest BCUT2D eigenvalue weighted by molar-refractivity contribution is -0.138. The van der Waals surface area contributed by atoms with E-state index in [4.69, 9.17) is 4.74 Å². The molecule has 0 bridgehead atoms. The first kappa shape index (κ1) is 14.2. The molecule has 5 nitrogen and oxygen atoms in total. The largest absolute Gasteiger partial charge is 0.368 e. The third kappa shape index (κ3) is 3.46. The van der Waals surface area contributed by atoms with E-state index in [-0.39, 0.29) is 12.0 Å². The van der Waals surface area contributed by atoms with E-state index in [0.717, 1.165) is 17.1 Å². The summed E-state index contributed by atoms with van der Waals surface area (Å²) < 4.78 is 5.75. The Labute approximate surface area is 127 Å². The molecule has 0 spiro atoms. The van der Waals surface area contributed by atoms with Crippen molar-refractivity contribution in [1.82, 2.24) is 14.9 Å². The number of amides is 1. The number of thiophene rings is 1. The molecule has 1 aliphatic rings. The molecule has 2 aromatic heterocycles. The minimum absolute atomic E-state index is 0.146. The zero-order valence-corrected chi connectivity index (χ0v) is 12.7. The first-order valence-corrected chi connectivity index (χ1v) is 7.86. The van der Waals surface area contributed by atoms with Crippen LogP contribution in [-0.4, -0.2) is 40.5 Å². The number of carbonyl (C=O) groups is 1. The Morgan fingerprint density at radius 3 is 3.19 bits per heavy atom.